The molecule has 1 aliphatic rings. The molecule has 94 valence electrons. The van der Waals surface area contributed by atoms with Gasteiger partial charge in [-0.1, -0.05) is 0 Å². The van der Waals surface area contributed by atoms with Crippen LogP contribution in [0.25, 0.3) is 0 Å². The molecule has 0 aromatic rings. The predicted octanol–water partition coefficient (Wildman–Crippen LogP) is 1.87. The minimum Gasteiger partial charge on any atom is -0.381 e. The lowest BCUT2D eigenvalue weighted by Crippen LogP contribution is -2.37. The van der Waals surface area contributed by atoms with Crippen molar-refractivity contribution in [2.45, 2.75) is 31.9 Å². The molecule has 0 aromatic heterocycles. The highest BCUT2D eigenvalue weighted by molar-refractivity contribution is 5.81. The molecule has 1 amide bonds. The van der Waals surface area contributed by atoms with Crippen LogP contribution in [0, 0.1) is 5.92 Å². The zero-order valence-electron chi connectivity index (χ0n) is 8.98. The van der Waals surface area contributed by atoms with E-state index in [0.29, 0.717) is 12.3 Å². The van der Waals surface area contributed by atoms with Gasteiger partial charge in [0, 0.05) is 19.8 Å². The van der Waals surface area contributed by atoms with Crippen LogP contribution in [-0.4, -0.2) is 31.8 Å². The lowest BCUT2D eigenvalue weighted by Gasteiger charge is -2.21. The van der Waals surface area contributed by atoms with E-state index in [2.05, 4.69) is 0 Å². The summed E-state index contributed by atoms with van der Waals surface area (Å²) in [5.41, 5.74) is 0. The quantitative estimate of drug-likeness (QED) is 0.760. The maximum atomic E-state index is 11.8. The molecule has 0 spiro atoms. The third-order valence-electron chi connectivity index (χ3n) is 2.67. The molecule has 3 nitrogen and oxygen atoms in total. The highest BCUT2D eigenvalue weighted by Crippen LogP contribution is 2.19. The standard InChI is InChI=1S/C10H16F3NO2/c11-10(12,13)9(15)14-5-1-2-8-3-6-16-7-4-8/h8H,1-7H2,(H,14,15). The number of hydrogen-bond donors (Lipinski definition) is 1. The van der Waals surface area contributed by atoms with Gasteiger partial charge in [-0.3, -0.25) is 4.79 Å². The van der Waals surface area contributed by atoms with Crippen molar-refractivity contribution in [3.8, 4) is 0 Å². The summed E-state index contributed by atoms with van der Waals surface area (Å²) in [7, 11) is 0. The molecule has 0 aliphatic carbocycles. The predicted molar refractivity (Wildman–Crippen MR) is 51.8 cm³/mol. The minimum atomic E-state index is -4.77. The summed E-state index contributed by atoms with van der Waals surface area (Å²) in [5, 5.41) is 1.87. The van der Waals surface area contributed by atoms with Gasteiger partial charge in [-0.2, -0.15) is 13.2 Å². The van der Waals surface area contributed by atoms with Crippen molar-refractivity contribution >= 4 is 5.91 Å². The van der Waals surface area contributed by atoms with Crippen molar-refractivity contribution in [3.05, 3.63) is 0 Å². The Bertz CT molecular complexity index is 225. The highest BCUT2D eigenvalue weighted by Gasteiger charge is 2.38. The van der Waals surface area contributed by atoms with E-state index in [9.17, 15) is 18.0 Å². The van der Waals surface area contributed by atoms with Gasteiger partial charge in [0.25, 0.3) is 0 Å². The molecule has 1 fully saturated rings. The van der Waals surface area contributed by atoms with Crippen molar-refractivity contribution in [2.24, 2.45) is 5.92 Å². The molecular formula is C10H16F3NO2. The minimum absolute atomic E-state index is 0.0930. The summed E-state index contributed by atoms with van der Waals surface area (Å²) in [6.45, 7) is 1.56. The van der Waals surface area contributed by atoms with Gasteiger partial charge in [0.05, 0.1) is 0 Å². The Hall–Kier alpha value is -0.780. The van der Waals surface area contributed by atoms with Crippen molar-refractivity contribution in [2.75, 3.05) is 19.8 Å². The number of alkyl halides is 3. The molecular weight excluding hydrogens is 223 g/mol. The lowest BCUT2D eigenvalue weighted by atomic mass is 9.95. The van der Waals surface area contributed by atoms with Crippen molar-refractivity contribution in [3.63, 3.8) is 0 Å². The number of halogens is 3. The fourth-order valence-corrected chi connectivity index (χ4v) is 1.73. The zero-order valence-corrected chi connectivity index (χ0v) is 8.98. The number of hydrogen-bond acceptors (Lipinski definition) is 2. The van der Waals surface area contributed by atoms with E-state index < -0.39 is 12.1 Å². The van der Waals surface area contributed by atoms with Gasteiger partial charge in [-0.15, -0.1) is 0 Å². The Morgan fingerprint density at radius 1 is 1.31 bits per heavy atom. The average molecular weight is 239 g/mol. The Labute approximate surface area is 92.3 Å². The first-order valence-electron chi connectivity index (χ1n) is 5.43. The topological polar surface area (TPSA) is 38.3 Å². The van der Waals surface area contributed by atoms with Gasteiger partial charge in [0.2, 0.25) is 0 Å². The van der Waals surface area contributed by atoms with Gasteiger partial charge in [0.15, 0.2) is 0 Å². The molecule has 0 unspecified atom stereocenters. The monoisotopic (exact) mass is 239 g/mol. The van der Waals surface area contributed by atoms with E-state index in [1.54, 1.807) is 0 Å². The van der Waals surface area contributed by atoms with E-state index in [1.165, 1.54) is 0 Å². The molecule has 6 heteroatoms. The van der Waals surface area contributed by atoms with Crippen LogP contribution in [0.1, 0.15) is 25.7 Å². The maximum absolute atomic E-state index is 11.8. The molecule has 0 bridgehead atoms. The molecule has 16 heavy (non-hydrogen) atoms. The number of carbonyl (C=O) groups is 1. The molecule has 1 saturated heterocycles. The summed E-state index contributed by atoms with van der Waals surface area (Å²) in [6.07, 6.45) is -1.40. The average Bonchev–Trinajstić information content (AvgIpc) is 2.24. The van der Waals surface area contributed by atoms with Crippen LogP contribution in [0.4, 0.5) is 13.2 Å². The van der Waals surface area contributed by atoms with Crippen LogP contribution in [0.5, 0.6) is 0 Å². The number of amides is 1. The second-order valence-electron chi connectivity index (χ2n) is 3.95. The van der Waals surface area contributed by atoms with E-state index in [1.807, 2.05) is 5.32 Å². The van der Waals surface area contributed by atoms with E-state index in [-0.39, 0.29) is 6.54 Å². The summed E-state index contributed by atoms with van der Waals surface area (Å²) in [6, 6.07) is 0. The van der Waals surface area contributed by atoms with E-state index in [4.69, 9.17) is 4.74 Å². The van der Waals surface area contributed by atoms with Crippen LogP contribution in [0.3, 0.4) is 0 Å². The van der Waals surface area contributed by atoms with Crippen molar-refractivity contribution in [1.82, 2.24) is 5.32 Å². The van der Waals surface area contributed by atoms with Crippen molar-refractivity contribution in [1.29, 1.82) is 0 Å². The SMILES string of the molecule is O=C(NCCCC1CCOCC1)C(F)(F)F. The largest absolute Gasteiger partial charge is 0.471 e. The van der Waals surface area contributed by atoms with Crippen LogP contribution in [-0.2, 0) is 9.53 Å². The second kappa shape index (κ2) is 6.08. The normalized spacial score (nSPS) is 18.4. The number of carbonyl (C=O) groups excluding carboxylic acids is 1. The molecule has 1 heterocycles. The summed E-state index contributed by atoms with van der Waals surface area (Å²) >= 11 is 0. The molecule has 1 N–H and O–H groups in total. The van der Waals surface area contributed by atoms with Crippen molar-refractivity contribution < 1.29 is 22.7 Å². The molecule has 0 saturated carbocycles. The van der Waals surface area contributed by atoms with Gasteiger partial charge in [-0.05, 0) is 31.6 Å². The third-order valence-corrected chi connectivity index (χ3v) is 2.67. The fraction of sp³-hybridized carbons (Fsp3) is 0.900. The number of rotatable bonds is 4. The molecule has 0 aromatic carbocycles. The van der Waals surface area contributed by atoms with Gasteiger partial charge < -0.3 is 10.1 Å². The van der Waals surface area contributed by atoms with Gasteiger partial charge in [-0.25, -0.2) is 0 Å². The molecule has 1 rings (SSSR count). The Morgan fingerprint density at radius 2 is 1.94 bits per heavy atom. The van der Waals surface area contributed by atoms with E-state index >= 15 is 0 Å². The summed E-state index contributed by atoms with van der Waals surface area (Å²) < 4.78 is 40.6. The highest BCUT2D eigenvalue weighted by atomic mass is 19.4. The summed E-state index contributed by atoms with van der Waals surface area (Å²) in [4.78, 5) is 10.5. The molecule has 0 atom stereocenters. The number of ether oxygens (including phenoxy) is 1. The van der Waals surface area contributed by atoms with Gasteiger partial charge >= 0.3 is 12.1 Å². The molecule has 1 aliphatic heterocycles. The Balaban J connectivity index is 2.05. The first kappa shape index (κ1) is 13.3. The first-order valence-corrected chi connectivity index (χ1v) is 5.43. The maximum Gasteiger partial charge on any atom is 0.471 e. The molecule has 0 radical (unpaired) electrons. The Morgan fingerprint density at radius 3 is 2.50 bits per heavy atom. The third kappa shape index (κ3) is 4.83. The van der Waals surface area contributed by atoms with Crippen LogP contribution >= 0.6 is 0 Å². The first-order chi connectivity index (χ1) is 7.50. The fourth-order valence-electron chi connectivity index (χ4n) is 1.73. The van der Waals surface area contributed by atoms with Gasteiger partial charge in [0.1, 0.15) is 0 Å². The van der Waals surface area contributed by atoms with Crippen LogP contribution in [0.15, 0.2) is 0 Å². The van der Waals surface area contributed by atoms with E-state index in [0.717, 1.165) is 32.5 Å². The Kier molecular flexibility index (Phi) is 5.05. The number of nitrogens with one attached hydrogen (secondary N) is 1. The summed E-state index contributed by atoms with van der Waals surface area (Å²) in [5.74, 6) is -1.32. The van der Waals surface area contributed by atoms with Crippen LogP contribution in [0.2, 0.25) is 0 Å². The lowest BCUT2D eigenvalue weighted by molar-refractivity contribution is -0.173. The zero-order chi connectivity index (χ0) is 12.0. The second-order valence-corrected chi connectivity index (χ2v) is 3.95. The smallest absolute Gasteiger partial charge is 0.381 e. The van der Waals surface area contributed by atoms with Crippen LogP contribution < -0.4 is 5.32 Å².